The number of aryl methyl sites for hydroxylation is 1. The summed E-state index contributed by atoms with van der Waals surface area (Å²) in [5.41, 5.74) is 0.270. The number of nitrogens with zero attached hydrogens (tertiary/aromatic N) is 3. The van der Waals surface area contributed by atoms with Gasteiger partial charge in [-0.15, -0.1) is 0 Å². The monoisotopic (exact) mass is 293 g/mol. The van der Waals surface area contributed by atoms with Crippen LogP contribution in [-0.4, -0.2) is 64.2 Å². The Bertz CT molecular complexity index is 543. The predicted octanol–water partition coefficient (Wildman–Crippen LogP) is -0.0860. The zero-order valence-corrected chi connectivity index (χ0v) is 12.7. The average Bonchev–Trinajstić information content (AvgIpc) is 2.51. The van der Waals surface area contributed by atoms with Crippen molar-refractivity contribution < 1.29 is 9.90 Å². The Hall–Kier alpha value is -1.66. The molecule has 1 saturated heterocycles. The SMILES string of the molecule is CCC(CO)N1CCN(C(=O)c2ccn(C)c(=O)c2)CC1. The van der Waals surface area contributed by atoms with Crippen LogP contribution in [0.1, 0.15) is 23.7 Å². The van der Waals surface area contributed by atoms with E-state index in [1.165, 1.54) is 10.6 Å². The van der Waals surface area contributed by atoms with Gasteiger partial charge in [-0.05, 0) is 12.5 Å². The number of aliphatic hydroxyl groups is 1. The molecule has 2 heterocycles. The van der Waals surface area contributed by atoms with Gasteiger partial charge >= 0.3 is 0 Å². The Labute approximate surface area is 124 Å². The van der Waals surface area contributed by atoms with Crippen molar-refractivity contribution in [3.63, 3.8) is 0 Å². The van der Waals surface area contributed by atoms with Crippen LogP contribution in [0.5, 0.6) is 0 Å². The molecule has 1 atom stereocenters. The van der Waals surface area contributed by atoms with Crippen LogP contribution < -0.4 is 5.56 Å². The highest BCUT2D eigenvalue weighted by atomic mass is 16.3. The van der Waals surface area contributed by atoms with Gasteiger partial charge in [-0.25, -0.2) is 0 Å². The summed E-state index contributed by atoms with van der Waals surface area (Å²) < 4.78 is 1.45. The van der Waals surface area contributed by atoms with Crippen molar-refractivity contribution in [1.82, 2.24) is 14.4 Å². The second-order valence-corrected chi connectivity index (χ2v) is 5.44. The molecule has 0 radical (unpaired) electrons. The van der Waals surface area contributed by atoms with E-state index < -0.39 is 0 Å². The Morgan fingerprint density at radius 1 is 1.33 bits per heavy atom. The molecule has 1 fully saturated rings. The predicted molar refractivity (Wildman–Crippen MR) is 80.3 cm³/mol. The van der Waals surface area contributed by atoms with Gasteiger partial charge in [0, 0.05) is 57.1 Å². The molecule has 1 aromatic rings. The number of amides is 1. The van der Waals surface area contributed by atoms with E-state index in [1.807, 2.05) is 0 Å². The quantitative estimate of drug-likeness (QED) is 0.843. The number of hydrogen-bond acceptors (Lipinski definition) is 4. The Morgan fingerprint density at radius 3 is 2.52 bits per heavy atom. The molecule has 0 bridgehead atoms. The van der Waals surface area contributed by atoms with Crippen LogP contribution in [0.3, 0.4) is 0 Å². The van der Waals surface area contributed by atoms with Crippen LogP contribution in [0.15, 0.2) is 23.1 Å². The third-order valence-electron chi connectivity index (χ3n) is 4.15. The molecule has 1 amide bonds. The Kier molecular flexibility index (Phi) is 5.14. The third kappa shape index (κ3) is 3.51. The van der Waals surface area contributed by atoms with E-state index in [0.29, 0.717) is 18.7 Å². The van der Waals surface area contributed by atoms with Gasteiger partial charge in [0.25, 0.3) is 11.5 Å². The number of carbonyl (C=O) groups excluding carboxylic acids is 1. The molecule has 0 aliphatic carbocycles. The third-order valence-corrected chi connectivity index (χ3v) is 4.15. The zero-order chi connectivity index (χ0) is 15.4. The number of pyridine rings is 1. The maximum absolute atomic E-state index is 12.4. The molecule has 6 heteroatoms. The lowest BCUT2D eigenvalue weighted by Gasteiger charge is -2.38. The van der Waals surface area contributed by atoms with Crippen molar-refractivity contribution >= 4 is 5.91 Å². The van der Waals surface area contributed by atoms with Crippen LogP contribution in [0.2, 0.25) is 0 Å². The van der Waals surface area contributed by atoms with Gasteiger partial charge in [0.05, 0.1) is 6.61 Å². The molecule has 2 rings (SSSR count). The molecule has 1 unspecified atom stereocenters. The fourth-order valence-corrected chi connectivity index (χ4v) is 2.66. The first-order valence-electron chi connectivity index (χ1n) is 7.37. The summed E-state index contributed by atoms with van der Waals surface area (Å²) in [6, 6.07) is 3.24. The number of hydrogen-bond donors (Lipinski definition) is 1. The summed E-state index contributed by atoms with van der Waals surface area (Å²) >= 11 is 0. The first-order valence-corrected chi connectivity index (χ1v) is 7.37. The minimum atomic E-state index is -0.175. The van der Waals surface area contributed by atoms with E-state index in [0.717, 1.165) is 19.5 Å². The lowest BCUT2D eigenvalue weighted by molar-refractivity contribution is 0.0472. The van der Waals surface area contributed by atoms with Crippen molar-refractivity contribution in [2.24, 2.45) is 7.05 Å². The number of rotatable bonds is 4. The highest BCUT2D eigenvalue weighted by Gasteiger charge is 2.25. The topological polar surface area (TPSA) is 65.8 Å². The molecule has 0 saturated carbocycles. The molecule has 1 aliphatic rings. The van der Waals surface area contributed by atoms with Gasteiger partial charge in [0.15, 0.2) is 0 Å². The fraction of sp³-hybridized carbons (Fsp3) is 0.600. The zero-order valence-electron chi connectivity index (χ0n) is 12.7. The van der Waals surface area contributed by atoms with Crippen molar-refractivity contribution in [1.29, 1.82) is 0 Å². The van der Waals surface area contributed by atoms with Crippen molar-refractivity contribution in [3.05, 3.63) is 34.2 Å². The summed E-state index contributed by atoms with van der Waals surface area (Å²) in [6.07, 6.45) is 2.52. The molecule has 0 aromatic carbocycles. The number of piperazine rings is 1. The Balaban J connectivity index is 2.00. The normalized spacial score (nSPS) is 17.8. The van der Waals surface area contributed by atoms with Gasteiger partial charge < -0.3 is 14.6 Å². The highest BCUT2D eigenvalue weighted by Crippen LogP contribution is 2.11. The summed E-state index contributed by atoms with van der Waals surface area (Å²) in [6.45, 7) is 4.98. The van der Waals surface area contributed by atoms with Crippen LogP contribution in [0.25, 0.3) is 0 Å². The van der Waals surface area contributed by atoms with E-state index in [9.17, 15) is 14.7 Å². The van der Waals surface area contributed by atoms with Gasteiger partial charge in [-0.1, -0.05) is 6.92 Å². The molecule has 1 N–H and O–H groups in total. The lowest BCUT2D eigenvalue weighted by Crippen LogP contribution is -2.52. The lowest BCUT2D eigenvalue weighted by atomic mass is 10.1. The molecule has 116 valence electrons. The van der Waals surface area contributed by atoms with E-state index in [1.54, 1.807) is 24.2 Å². The van der Waals surface area contributed by atoms with Gasteiger partial charge in [-0.2, -0.15) is 0 Å². The fourth-order valence-electron chi connectivity index (χ4n) is 2.66. The molecule has 6 nitrogen and oxygen atoms in total. The number of aliphatic hydroxyl groups excluding tert-OH is 1. The minimum Gasteiger partial charge on any atom is -0.395 e. The van der Waals surface area contributed by atoms with Crippen molar-refractivity contribution in [3.8, 4) is 0 Å². The van der Waals surface area contributed by atoms with Crippen LogP contribution in [0, 0.1) is 0 Å². The molecular weight excluding hydrogens is 270 g/mol. The first-order chi connectivity index (χ1) is 10.1. The van der Waals surface area contributed by atoms with Crippen molar-refractivity contribution in [2.75, 3.05) is 32.8 Å². The van der Waals surface area contributed by atoms with Crippen LogP contribution >= 0.6 is 0 Å². The van der Waals surface area contributed by atoms with E-state index in [-0.39, 0.29) is 24.1 Å². The molecule has 1 aromatic heterocycles. The molecular formula is C15H23N3O3. The maximum atomic E-state index is 12.4. The van der Waals surface area contributed by atoms with Gasteiger partial charge in [-0.3, -0.25) is 14.5 Å². The average molecular weight is 293 g/mol. The van der Waals surface area contributed by atoms with Crippen molar-refractivity contribution in [2.45, 2.75) is 19.4 Å². The number of carbonyl (C=O) groups is 1. The summed E-state index contributed by atoms with van der Waals surface area (Å²) in [5, 5.41) is 9.33. The molecule has 1 aliphatic heterocycles. The largest absolute Gasteiger partial charge is 0.395 e. The van der Waals surface area contributed by atoms with E-state index in [4.69, 9.17) is 0 Å². The second-order valence-electron chi connectivity index (χ2n) is 5.44. The van der Waals surface area contributed by atoms with Crippen LogP contribution in [0.4, 0.5) is 0 Å². The standard InChI is InChI=1S/C15H23N3O3/c1-3-13(11-19)17-6-8-18(9-7-17)15(21)12-4-5-16(2)14(20)10-12/h4-5,10,13,19H,3,6-9,11H2,1-2H3. The smallest absolute Gasteiger partial charge is 0.254 e. The van der Waals surface area contributed by atoms with Gasteiger partial charge in [0.2, 0.25) is 0 Å². The van der Waals surface area contributed by atoms with E-state index in [2.05, 4.69) is 11.8 Å². The molecule has 0 spiro atoms. The maximum Gasteiger partial charge on any atom is 0.254 e. The van der Waals surface area contributed by atoms with Gasteiger partial charge in [0.1, 0.15) is 0 Å². The van der Waals surface area contributed by atoms with Crippen LogP contribution in [-0.2, 0) is 7.05 Å². The minimum absolute atomic E-state index is 0.0932. The second kappa shape index (κ2) is 6.87. The van der Waals surface area contributed by atoms with E-state index >= 15 is 0 Å². The number of aromatic nitrogens is 1. The Morgan fingerprint density at radius 2 is 2.00 bits per heavy atom. The summed E-state index contributed by atoms with van der Waals surface area (Å²) in [7, 11) is 1.66. The summed E-state index contributed by atoms with van der Waals surface area (Å²) in [4.78, 5) is 28.0. The summed E-state index contributed by atoms with van der Waals surface area (Å²) in [5.74, 6) is -0.0932. The highest BCUT2D eigenvalue weighted by molar-refractivity contribution is 5.94. The first kappa shape index (κ1) is 15.7. The molecule has 21 heavy (non-hydrogen) atoms.